The Morgan fingerprint density at radius 3 is 2.52 bits per heavy atom. The maximum atomic E-state index is 13.2. The maximum Gasteiger partial charge on any atom is 0.315 e. The molecule has 156 valence electrons. The number of ketones is 1. The van der Waals surface area contributed by atoms with Crippen LogP contribution in [0.25, 0.3) is 0 Å². The molecule has 0 spiro atoms. The third-order valence-corrected chi connectivity index (χ3v) is 5.77. The summed E-state index contributed by atoms with van der Waals surface area (Å²) in [4.78, 5) is 31.0. The number of rotatable bonds is 6. The summed E-state index contributed by atoms with van der Waals surface area (Å²) in [5.41, 5.74) is 3.01. The largest absolute Gasteiger partial charge is 0.497 e. The number of aliphatic imine (C=N–C) groups is 1. The molecule has 3 rings (SSSR count). The minimum atomic E-state index is -0.579. The third kappa shape index (κ3) is 4.44. The van der Waals surface area contributed by atoms with Gasteiger partial charge in [0.1, 0.15) is 11.7 Å². The summed E-state index contributed by atoms with van der Waals surface area (Å²) in [5, 5.41) is 0. The fraction of sp³-hybridized carbons (Fsp3) is 0.542. The van der Waals surface area contributed by atoms with E-state index in [4.69, 9.17) is 14.5 Å². The SMILES string of the molecule is CCCCOC(=O)C1C(C)=NC2=C(C(=O)CC(C)(C)C2)[C@H]1c1ccc(OC)cc1. The molecule has 0 N–H and O–H groups in total. The molecule has 5 nitrogen and oxygen atoms in total. The van der Waals surface area contributed by atoms with Crippen LogP contribution in [0.3, 0.4) is 0 Å². The fourth-order valence-electron chi connectivity index (χ4n) is 4.33. The molecule has 29 heavy (non-hydrogen) atoms. The number of methoxy groups -OCH3 is 1. The van der Waals surface area contributed by atoms with Crippen LogP contribution in [0.15, 0.2) is 40.5 Å². The molecule has 1 aliphatic carbocycles. The zero-order chi connectivity index (χ0) is 21.2. The summed E-state index contributed by atoms with van der Waals surface area (Å²) in [7, 11) is 1.62. The lowest BCUT2D eigenvalue weighted by Crippen LogP contribution is -2.39. The monoisotopic (exact) mass is 397 g/mol. The summed E-state index contributed by atoms with van der Waals surface area (Å²) in [6.07, 6.45) is 2.97. The number of unbranched alkanes of at least 4 members (excludes halogenated alkanes) is 1. The molecule has 0 aromatic heterocycles. The van der Waals surface area contributed by atoms with Gasteiger partial charge in [0.15, 0.2) is 5.78 Å². The second-order valence-electron chi connectivity index (χ2n) is 8.80. The van der Waals surface area contributed by atoms with Crippen LogP contribution in [0.2, 0.25) is 0 Å². The van der Waals surface area contributed by atoms with Crippen molar-refractivity contribution < 1.29 is 19.1 Å². The summed E-state index contributed by atoms with van der Waals surface area (Å²) in [5.74, 6) is -0.429. The standard InChI is InChI=1S/C24H31NO4/c1-6-7-12-29-23(27)20-15(2)25-18-13-24(3,4)14-19(26)22(18)21(20)16-8-10-17(28-5)11-9-16/h8-11,20-21H,6-7,12-14H2,1-5H3/t20?,21-/m0/s1. The Balaban J connectivity index is 2.06. The van der Waals surface area contributed by atoms with Crippen molar-refractivity contribution in [2.45, 2.75) is 59.3 Å². The first kappa shape index (κ1) is 21.3. The van der Waals surface area contributed by atoms with Crippen molar-refractivity contribution in [1.82, 2.24) is 0 Å². The van der Waals surface area contributed by atoms with Crippen LogP contribution < -0.4 is 4.74 Å². The molecule has 0 amide bonds. The van der Waals surface area contributed by atoms with E-state index in [1.54, 1.807) is 7.11 Å². The molecule has 0 radical (unpaired) electrons. The predicted molar refractivity (Wildman–Crippen MR) is 113 cm³/mol. The summed E-state index contributed by atoms with van der Waals surface area (Å²) in [6, 6.07) is 7.61. The summed E-state index contributed by atoms with van der Waals surface area (Å²) in [6.45, 7) is 8.50. The van der Waals surface area contributed by atoms with Crippen LogP contribution >= 0.6 is 0 Å². The number of ether oxygens (including phenoxy) is 2. The Hall–Kier alpha value is -2.43. The zero-order valence-corrected chi connectivity index (χ0v) is 18.1. The Bertz CT molecular complexity index is 848. The lowest BCUT2D eigenvalue weighted by Gasteiger charge is -2.39. The number of carbonyl (C=O) groups is 2. The van der Waals surface area contributed by atoms with E-state index in [2.05, 4.69) is 20.8 Å². The molecule has 0 fully saturated rings. The minimum absolute atomic E-state index is 0.0830. The lowest BCUT2D eigenvalue weighted by atomic mass is 9.67. The van der Waals surface area contributed by atoms with Crippen molar-refractivity contribution in [3.63, 3.8) is 0 Å². The highest BCUT2D eigenvalue weighted by Gasteiger charge is 2.45. The van der Waals surface area contributed by atoms with E-state index in [-0.39, 0.29) is 23.1 Å². The topological polar surface area (TPSA) is 65.0 Å². The molecule has 1 heterocycles. The van der Waals surface area contributed by atoms with Crippen molar-refractivity contribution in [2.75, 3.05) is 13.7 Å². The van der Waals surface area contributed by atoms with Crippen molar-refractivity contribution in [3.8, 4) is 5.75 Å². The predicted octanol–water partition coefficient (Wildman–Crippen LogP) is 4.86. The highest BCUT2D eigenvalue weighted by Crippen LogP contribution is 2.48. The Morgan fingerprint density at radius 2 is 1.90 bits per heavy atom. The second-order valence-corrected chi connectivity index (χ2v) is 8.80. The van der Waals surface area contributed by atoms with Gasteiger partial charge in [-0.15, -0.1) is 0 Å². The number of benzene rings is 1. The number of esters is 1. The molecular formula is C24H31NO4. The van der Waals surface area contributed by atoms with Gasteiger partial charge >= 0.3 is 5.97 Å². The number of allylic oxidation sites excluding steroid dienone is 2. The minimum Gasteiger partial charge on any atom is -0.497 e. The molecular weight excluding hydrogens is 366 g/mol. The van der Waals surface area contributed by atoms with Gasteiger partial charge in [-0.1, -0.05) is 39.3 Å². The van der Waals surface area contributed by atoms with E-state index < -0.39 is 5.92 Å². The third-order valence-electron chi connectivity index (χ3n) is 5.77. The number of nitrogens with zero attached hydrogens (tertiary/aromatic N) is 1. The van der Waals surface area contributed by atoms with E-state index in [1.807, 2.05) is 31.2 Å². The average Bonchev–Trinajstić information content (AvgIpc) is 2.66. The smallest absolute Gasteiger partial charge is 0.315 e. The van der Waals surface area contributed by atoms with Crippen molar-refractivity contribution >= 4 is 17.5 Å². The number of hydrogen-bond acceptors (Lipinski definition) is 5. The van der Waals surface area contributed by atoms with Gasteiger partial charge in [-0.2, -0.15) is 0 Å². The van der Waals surface area contributed by atoms with Crippen LogP contribution in [0, 0.1) is 11.3 Å². The molecule has 1 unspecified atom stereocenters. The van der Waals surface area contributed by atoms with Gasteiger partial charge in [-0.3, -0.25) is 14.6 Å². The Morgan fingerprint density at radius 1 is 1.21 bits per heavy atom. The van der Waals surface area contributed by atoms with Crippen LogP contribution in [0.4, 0.5) is 0 Å². The van der Waals surface area contributed by atoms with Crippen LogP contribution in [-0.2, 0) is 14.3 Å². The van der Waals surface area contributed by atoms with Gasteiger partial charge in [0.2, 0.25) is 0 Å². The molecule has 0 saturated heterocycles. The molecule has 0 bridgehead atoms. The highest BCUT2D eigenvalue weighted by atomic mass is 16.5. The first-order valence-corrected chi connectivity index (χ1v) is 10.4. The molecule has 2 aliphatic rings. The Labute approximate surface area is 173 Å². The van der Waals surface area contributed by atoms with Crippen LogP contribution in [0.5, 0.6) is 5.75 Å². The van der Waals surface area contributed by atoms with Gasteiger partial charge in [-0.25, -0.2) is 0 Å². The number of Topliss-reactive ketones (excluding diaryl/α,β-unsaturated/α-hetero) is 1. The average molecular weight is 398 g/mol. The van der Waals surface area contributed by atoms with Crippen LogP contribution in [0.1, 0.15) is 64.9 Å². The zero-order valence-electron chi connectivity index (χ0n) is 18.1. The summed E-state index contributed by atoms with van der Waals surface area (Å²) >= 11 is 0. The van der Waals surface area contributed by atoms with Crippen LogP contribution in [-0.4, -0.2) is 31.2 Å². The van der Waals surface area contributed by atoms with E-state index >= 15 is 0 Å². The molecule has 1 aliphatic heterocycles. The van der Waals surface area contributed by atoms with Gasteiger partial charge in [0.05, 0.1) is 13.7 Å². The normalized spacial score (nSPS) is 23.3. The van der Waals surface area contributed by atoms with E-state index in [9.17, 15) is 9.59 Å². The first-order valence-electron chi connectivity index (χ1n) is 10.4. The molecule has 0 saturated carbocycles. The first-order chi connectivity index (χ1) is 13.8. The van der Waals surface area contributed by atoms with Gasteiger partial charge in [0, 0.05) is 29.3 Å². The van der Waals surface area contributed by atoms with Gasteiger partial charge in [-0.05, 0) is 42.9 Å². The van der Waals surface area contributed by atoms with Crippen molar-refractivity contribution in [1.29, 1.82) is 0 Å². The number of carbonyl (C=O) groups excluding carboxylic acids is 2. The summed E-state index contributed by atoms with van der Waals surface area (Å²) < 4.78 is 10.8. The molecule has 2 atom stereocenters. The Kier molecular flexibility index (Phi) is 6.25. The van der Waals surface area contributed by atoms with E-state index in [1.165, 1.54) is 0 Å². The molecule has 1 aromatic rings. The lowest BCUT2D eigenvalue weighted by molar-refractivity contribution is -0.146. The van der Waals surface area contributed by atoms with Crippen molar-refractivity contribution in [3.05, 3.63) is 41.1 Å². The van der Waals surface area contributed by atoms with Gasteiger partial charge in [0.25, 0.3) is 0 Å². The van der Waals surface area contributed by atoms with Crippen molar-refractivity contribution in [2.24, 2.45) is 16.3 Å². The van der Waals surface area contributed by atoms with E-state index in [0.29, 0.717) is 18.6 Å². The molecule has 5 heteroatoms. The number of hydrogen-bond donors (Lipinski definition) is 0. The molecule has 1 aromatic carbocycles. The highest BCUT2D eigenvalue weighted by molar-refractivity contribution is 6.09. The van der Waals surface area contributed by atoms with E-state index in [0.717, 1.165) is 42.0 Å². The van der Waals surface area contributed by atoms with Gasteiger partial charge < -0.3 is 9.47 Å². The maximum absolute atomic E-state index is 13.2. The fourth-order valence-corrected chi connectivity index (χ4v) is 4.33. The quantitative estimate of drug-likeness (QED) is 0.508. The second kappa shape index (κ2) is 8.52.